The number of halogens is 2. The lowest BCUT2D eigenvalue weighted by atomic mass is 9.86. The molecule has 0 aliphatic heterocycles. The summed E-state index contributed by atoms with van der Waals surface area (Å²) in [6, 6.07) is 4.42. The van der Waals surface area contributed by atoms with Crippen molar-refractivity contribution >= 4 is 11.9 Å². The van der Waals surface area contributed by atoms with Crippen LogP contribution >= 0.6 is 0 Å². The van der Waals surface area contributed by atoms with Gasteiger partial charge in [-0.3, -0.25) is 9.79 Å². The van der Waals surface area contributed by atoms with Crippen LogP contribution in [0, 0.1) is 17.6 Å². The van der Waals surface area contributed by atoms with Crippen LogP contribution < -0.4 is 10.6 Å². The molecule has 0 atom stereocenters. The van der Waals surface area contributed by atoms with Gasteiger partial charge in [0.15, 0.2) is 17.6 Å². The Kier molecular flexibility index (Phi) is 8.48. The van der Waals surface area contributed by atoms with Gasteiger partial charge < -0.3 is 15.4 Å². The quantitative estimate of drug-likeness (QED) is 0.433. The van der Waals surface area contributed by atoms with Crippen LogP contribution in [-0.2, 0) is 16.0 Å². The van der Waals surface area contributed by atoms with Gasteiger partial charge in [-0.15, -0.1) is 0 Å². The van der Waals surface area contributed by atoms with Crippen LogP contribution in [0.15, 0.2) is 23.2 Å². The monoisotopic (exact) mass is 381 g/mol. The van der Waals surface area contributed by atoms with E-state index in [4.69, 9.17) is 4.74 Å². The normalized spacial score (nSPS) is 20.2. The number of ether oxygens (including phenoxy) is 1. The molecular formula is C20H29F2N3O2. The Morgan fingerprint density at radius 1 is 1.22 bits per heavy atom. The summed E-state index contributed by atoms with van der Waals surface area (Å²) in [5.41, 5.74) is 0.324. The van der Waals surface area contributed by atoms with Gasteiger partial charge in [-0.05, 0) is 57.6 Å². The fourth-order valence-electron chi connectivity index (χ4n) is 3.28. The van der Waals surface area contributed by atoms with Crippen LogP contribution in [0.3, 0.4) is 0 Å². The Bertz CT molecular complexity index is 644. The van der Waals surface area contributed by atoms with E-state index in [1.165, 1.54) is 6.07 Å². The maximum Gasteiger partial charge on any atom is 0.308 e. The van der Waals surface area contributed by atoms with Gasteiger partial charge in [-0.2, -0.15) is 0 Å². The molecule has 0 bridgehead atoms. The van der Waals surface area contributed by atoms with Crippen molar-refractivity contribution in [3.05, 3.63) is 35.4 Å². The highest BCUT2D eigenvalue weighted by molar-refractivity contribution is 5.80. The van der Waals surface area contributed by atoms with E-state index in [1.54, 1.807) is 6.07 Å². The largest absolute Gasteiger partial charge is 0.466 e. The van der Waals surface area contributed by atoms with Crippen LogP contribution in [0.5, 0.6) is 0 Å². The average molecular weight is 381 g/mol. The lowest BCUT2D eigenvalue weighted by Crippen LogP contribution is -2.45. The maximum atomic E-state index is 13.7. The number of hydrogen-bond donors (Lipinski definition) is 2. The first-order valence-electron chi connectivity index (χ1n) is 9.69. The molecule has 5 nitrogen and oxygen atoms in total. The van der Waals surface area contributed by atoms with Crippen LogP contribution in [0.1, 0.15) is 45.1 Å². The van der Waals surface area contributed by atoms with Crippen LogP contribution in [0.2, 0.25) is 0 Å². The molecule has 1 aromatic carbocycles. The molecule has 1 aliphatic rings. The van der Waals surface area contributed by atoms with Crippen molar-refractivity contribution in [2.24, 2.45) is 10.9 Å². The standard InChI is InChI=1S/C20H29F2N3O2/c1-3-23-20(24-13-12-14-6-5-7-17(21)18(14)22)25-16-10-8-15(9-11-16)19(26)27-4-2/h5-7,15-16H,3-4,8-13H2,1-2H3,(H2,23,24,25). The zero-order valence-electron chi connectivity index (χ0n) is 16.1. The molecule has 7 heteroatoms. The van der Waals surface area contributed by atoms with E-state index in [0.717, 1.165) is 31.7 Å². The first kappa shape index (κ1) is 21.1. The Labute approximate surface area is 159 Å². The van der Waals surface area contributed by atoms with E-state index in [2.05, 4.69) is 15.6 Å². The zero-order valence-corrected chi connectivity index (χ0v) is 16.1. The van der Waals surface area contributed by atoms with Gasteiger partial charge in [0.25, 0.3) is 0 Å². The van der Waals surface area contributed by atoms with E-state index in [-0.39, 0.29) is 17.9 Å². The number of aliphatic imine (C=N–C) groups is 1. The van der Waals surface area contributed by atoms with Gasteiger partial charge in [-0.25, -0.2) is 8.78 Å². The summed E-state index contributed by atoms with van der Waals surface area (Å²) in [7, 11) is 0. The molecule has 0 heterocycles. The van der Waals surface area contributed by atoms with Crippen molar-refractivity contribution in [1.82, 2.24) is 10.6 Å². The van der Waals surface area contributed by atoms with Crippen molar-refractivity contribution in [3.63, 3.8) is 0 Å². The second-order valence-corrected chi connectivity index (χ2v) is 6.67. The summed E-state index contributed by atoms with van der Waals surface area (Å²) in [6.45, 7) is 5.27. The number of nitrogens with zero attached hydrogens (tertiary/aromatic N) is 1. The number of nitrogens with one attached hydrogen (secondary N) is 2. The molecule has 0 amide bonds. The van der Waals surface area contributed by atoms with Crippen molar-refractivity contribution in [2.45, 2.75) is 52.0 Å². The highest BCUT2D eigenvalue weighted by atomic mass is 19.2. The molecule has 150 valence electrons. The third-order valence-corrected chi connectivity index (χ3v) is 4.71. The van der Waals surface area contributed by atoms with Gasteiger partial charge in [0, 0.05) is 19.1 Å². The lowest BCUT2D eigenvalue weighted by Gasteiger charge is -2.29. The first-order chi connectivity index (χ1) is 13.0. The van der Waals surface area contributed by atoms with Crippen molar-refractivity contribution in [3.8, 4) is 0 Å². The van der Waals surface area contributed by atoms with Crippen molar-refractivity contribution < 1.29 is 18.3 Å². The summed E-state index contributed by atoms with van der Waals surface area (Å²) in [5.74, 6) is -1.09. The molecule has 1 aromatic rings. The van der Waals surface area contributed by atoms with Crippen LogP contribution in [-0.4, -0.2) is 37.7 Å². The Morgan fingerprint density at radius 3 is 2.63 bits per heavy atom. The topological polar surface area (TPSA) is 62.7 Å². The number of benzene rings is 1. The molecular weight excluding hydrogens is 352 g/mol. The molecule has 1 aliphatic carbocycles. The molecule has 0 unspecified atom stereocenters. The zero-order chi connectivity index (χ0) is 19.6. The van der Waals surface area contributed by atoms with Gasteiger partial charge in [-0.1, -0.05) is 12.1 Å². The fourth-order valence-corrected chi connectivity index (χ4v) is 3.28. The van der Waals surface area contributed by atoms with E-state index >= 15 is 0 Å². The minimum absolute atomic E-state index is 0.0153. The summed E-state index contributed by atoms with van der Waals surface area (Å²) in [5, 5.41) is 6.56. The van der Waals surface area contributed by atoms with Crippen LogP contribution in [0.25, 0.3) is 0 Å². The smallest absolute Gasteiger partial charge is 0.308 e. The number of carbonyl (C=O) groups excluding carboxylic acids is 1. The highest BCUT2D eigenvalue weighted by Crippen LogP contribution is 2.25. The number of hydrogen-bond acceptors (Lipinski definition) is 3. The number of esters is 1. The highest BCUT2D eigenvalue weighted by Gasteiger charge is 2.27. The van der Waals surface area contributed by atoms with Crippen molar-refractivity contribution in [1.29, 1.82) is 0 Å². The minimum atomic E-state index is -0.833. The first-order valence-corrected chi connectivity index (χ1v) is 9.69. The van der Waals surface area contributed by atoms with Gasteiger partial charge in [0.1, 0.15) is 0 Å². The minimum Gasteiger partial charge on any atom is -0.466 e. The molecule has 27 heavy (non-hydrogen) atoms. The third kappa shape index (κ3) is 6.48. The Balaban J connectivity index is 1.85. The molecule has 2 rings (SSSR count). The van der Waals surface area contributed by atoms with E-state index in [1.807, 2.05) is 13.8 Å². The maximum absolute atomic E-state index is 13.7. The molecule has 0 spiro atoms. The number of carbonyl (C=O) groups is 1. The lowest BCUT2D eigenvalue weighted by molar-refractivity contribution is -0.149. The summed E-state index contributed by atoms with van der Waals surface area (Å²) >= 11 is 0. The van der Waals surface area contributed by atoms with E-state index in [0.29, 0.717) is 37.6 Å². The SMILES string of the molecule is CCNC(=NCCc1cccc(F)c1F)NC1CCC(C(=O)OCC)CC1. The molecule has 1 saturated carbocycles. The van der Waals surface area contributed by atoms with E-state index in [9.17, 15) is 13.6 Å². The summed E-state index contributed by atoms with van der Waals surface area (Å²) in [4.78, 5) is 16.3. The molecule has 2 N–H and O–H groups in total. The summed E-state index contributed by atoms with van der Waals surface area (Å²) < 4.78 is 32.1. The molecule has 0 saturated heterocycles. The second-order valence-electron chi connectivity index (χ2n) is 6.67. The fraction of sp³-hybridized carbons (Fsp3) is 0.600. The average Bonchev–Trinajstić information content (AvgIpc) is 2.66. The van der Waals surface area contributed by atoms with E-state index < -0.39 is 11.6 Å². The number of guanidine groups is 1. The van der Waals surface area contributed by atoms with Gasteiger partial charge >= 0.3 is 5.97 Å². The van der Waals surface area contributed by atoms with Crippen molar-refractivity contribution in [2.75, 3.05) is 19.7 Å². The third-order valence-electron chi connectivity index (χ3n) is 4.71. The molecule has 1 fully saturated rings. The summed E-state index contributed by atoms with van der Waals surface area (Å²) in [6.07, 6.45) is 3.66. The number of rotatable bonds is 7. The molecule has 0 radical (unpaired) electrons. The van der Waals surface area contributed by atoms with Gasteiger partial charge in [0.2, 0.25) is 0 Å². The predicted octanol–water partition coefficient (Wildman–Crippen LogP) is 3.18. The van der Waals surface area contributed by atoms with Crippen LogP contribution in [0.4, 0.5) is 8.78 Å². The molecule has 0 aromatic heterocycles. The van der Waals surface area contributed by atoms with Gasteiger partial charge in [0.05, 0.1) is 12.5 Å². The second kappa shape index (κ2) is 10.8. The Hall–Kier alpha value is -2.18. The Morgan fingerprint density at radius 2 is 1.96 bits per heavy atom. The predicted molar refractivity (Wildman–Crippen MR) is 102 cm³/mol.